The van der Waals surface area contributed by atoms with Crippen LogP contribution in [0.4, 0.5) is 0 Å². The molecule has 0 amide bonds. The molecule has 0 aromatic heterocycles. The van der Waals surface area contributed by atoms with Gasteiger partial charge < -0.3 is 20.1 Å². The van der Waals surface area contributed by atoms with Gasteiger partial charge in [0.05, 0.1) is 20.3 Å². The predicted molar refractivity (Wildman–Crippen MR) is 115 cm³/mol. The van der Waals surface area contributed by atoms with E-state index >= 15 is 0 Å². The van der Waals surface area contributed by atoms with Gasteiger partial charge in [-0.3, -0.25) is 4.79 Å². The summed E-state index contributed by atoms with van der Waals surface area (Å²) in [7, 11) is 3.08. The summed E-state index contributed by atoms with van der Waals surface area (Å²) < 4.78 is 9.90. The average molecular weight is 401 g/mol. The van der Waals surface area contributed by atoms with Crippen molar-refractivity contribution in [2.45, 2.75) is 31.7 Å². The van der Waals surface area contributed by atoms with Gasteiger partial charge >= 0.3 is 5.97 Å². The predicted octanol–water partition coefficient (Wildman–Crippen LogP) is 3.98. The summed E-state index contributed by atoms with van der Waals surface area (Å²) in [6.07, 6.45) is 3.18. The Hall–Kier alpha value is -2.60. The maximum absolute atomic E-state index is 11.1. The number of thiocarbonyl (C=S) groups is 1. The Bertz CT molecular complexity index is 735. The van der Waals surface area contributed by atoms with Crippen LogP contribution < -0.4 is 15.4 Å². The van der Waals surface area contributed by atoms with Crippen LogP contribution in [0.15, 0.2) is 54.6 Å². The molecule has 0 saturated heterocycles. The standard InChI is InChI=1S/C22H28N2O3S/c1-26-19-14-12-18(13-15-19)21(17-9-5-3-6-10-17)24-22(28)23-16-8-4-7-11-20(25)27-2/h3,5-6,9-10,12-15,21H,4,7-8,11,16H2,1-2H3,(H2,23,24,28)/t21-/m0/s1. The Balaban J connectivity index is 1.89. The number of rotatable bonds is 10. The first-order chi connectivity index (χ1) is 13.6. The number of methoxy groups -OCH3 is 2. The van der Waals surface area contributed by atoms with Gasteiger partial charge in [-0.15, -0.1) is 0 Å². The highest BCUT2D eigenvalue weighted by atomic mass is 32.1. The Morgan fingerprint density at radius 3 is 2.29 bits per heavy atom. The average Bonchev–Trinajstić information content (AvgIpc) is 2.75. The molecule has 5 nitrogen and oxygen atoms in total. The molecule has 28 heavy (non-hydrogen) atoms. The van der Waals surface area contributed by atoms with Crippen LogP contribution in [0.3, 0.4) is 0 Å². The van der Waals surface area contributed by atoms with E-state index in [9.17, 15) is 4.79 Å². The summed E-state index contributed by atoms with van der Waals surface area (Å²) in [5.74, 6) is 0.665. The highest BCUT2D eigenvalue weighted by Gasteiger charge is 2.15. The van der Waals surface area contributed by atoms with Crippen LogP contribution >= 0.6 is 12.2 Å². The lowest BCUT2D eigenvalue weighted by Crippen LogP contribution is -2.38. The van der Waals surface area contributed by atoms with Crippen LogP contribution in [0.25, 0.3) is 0 Å². The van der Waals surface area contributed by atoms with Gasteiger partial charge in [-0.25, -0.2) is 0 Å². The smallest absolute Gasteiger partial charge is 0.305 e. The Kier molecular flexibility index (Phi) is 9.28. The highest BCUT2D eigenvalue weighted by Crippen LogP contribution is 2.24. The number of hydrogen-bond donors (Lipinski definition) is 2. The van der Waals surface area contributed by atoms with Crippen molar-refractivity contribution in [1.29, 1.82) is 0 Å². The van der Waals surface area contributed by atoms with Gasteiger partial charge in [0.15, 0.2) is 5.11 Å². The molecular weight excluding hydrogens is 372 g/mol. The summed E-state index contributed by atoms with van der Waals surface area (Å²) in [6.45, 7) is 0.761. The molecule has 2 rings (SSSR count). The first-order valence-electron chi connectivity index (χ1n) is 9.44. The summed E-state index contributed by atoms with van der Waals surface area (Å²) in [5.41, 5.74) is 2.24. The molecule has 6 heteroatoms. The van der Waals surface area contributed by atoms with E-state index in [4.69, 9.17) is 17.0 Å². The van der Waals surface area contributed by atoms with E-state index in [2.05, 4.69) is 27.5 Å². The van der Waals surface area contributed by atoms with E-state index in [0.29, 0.717) is 11.5 Å². The third-order valence-electron chi connectivity index (χ3n) is 4.43. The molecule has 0 bridgehead atoms. The number of esters is 1. The largest absolute Gasteiger partial charge is 0.497 e. The summed E-state index contributed by atoms with van der Waals surface area (Å²) in [6, 6.07) is 18.1. The van der Waals surface area contributed by atoms with E-state index in [0.717, 1.165) is 42.7 Å². The Morgan fingerprint density at radius 1 is 0.964 bits per heavy atom. The van der Waals surface area contributed by atoms with E-state index in [1.165, 1.54) is 7.11 Å². The number of nitrogens with one attached hydrogen (secondary N) is 2. The Labute approximate surface area is 172 Å². The van der Waals surface area contributed by atoms with E-state index < -0.39 is 0 Å². The molecular formula is C22H28N2O3S. The second-order valence-electron chi connectivity index (χ2n) is 6.40. The van der Waals surface area contributed by atoms with Gasteiger partial charge in [-0.1, -0.05) is 48.9 Å². The fourth-order valence-electron chi connectivity index (χ4n) is 2.86. The van der Waals surface area contributed by atoms with Crippen molar-refractivity contribution >= 4 is 23.3 Å². The lowest BCUT2D eigenvalue weighted by molar-refractivity contribution is -0.140. The van der Waals surface area contributed by atoms with Gasteiger partial charge in [-0.2, -0.15) is 0 Å². The molecule has 150 valence electrons. The minimum atomic E-state index is -0.157. The van der Waals surface area contributed by atoms with Gasteiger partial charge in [0.1, 0.15) is 5.75 Å². The number of carbonyl (C=O) groups is 1. The zero-order valence-corrected chi connectivity index (χ0v) is 17.3. The fourth-order valence-corrected chi connectivity index (χ4v) is 3.08. The molecule has 0 aliphatic heterocycles. The van der Waals surface area contributed by atoms with Crippen LogP contribution in [0.1, 0.15) is 42.9 Å². The molecule has 0 aliphatic carbocycles. The maximum Gasteiger partial charge on any atom is 0.305 e. The van der Waals surface area contributed by atoms with Crippen molar-refractivity contribution in [2.24, 2.45) is 0 Å². The van der Waals surface area contributed by atoms with Gasteiger partial charge in [0, 0.05) is 13.0 Å². The van der Waals surface area contributed by atoms with E-state index in [-0.39, 0.29) is 12.0 Å². The number of carbonyl (C=O) groups excluding carboxylic acids is 1. The number of hydrogen-bond acceptors (Lipinski definition) is 4. The van der Waals surface area contributed by atoms with E-state index in [1.54, 1.807) is 7.11 Å². The Morgan fingerprint density at radius 2 is 1.64 bits per heavy atom. The lowest BCUT2D eigenvalue weighted by atomic mass is 9.99. The third kappa shape index (κ3) is 7.19. The van der Waals surface area contributed by atoms with Gasteiger partial charge in [0.25, 0.3) is 0 Å². The van der Waals surface area contributed by atoms with E-state index in [1.807, 2.05) is 42.5 Å². The fraction of sp³-hybridized carbons (Fsp3) is 0.364. The molecule has 2 N–H and O–H groups in total. The summed E-state index contributed by atoms with van der Waals surface area (Å²) in [5, 5.41) is 7.28. The lowest BCUT2D eigenvalue weighted by Gasteiger charge is -2.22. The van der Waals surface area contributed by atoms with Crippen LogP contribution in [-0.4, -0.2) is 31.8 Å². The first kappa shape index (κ1) is 21.7. The SMILES string of the molecule is COC(=O)CCCCCNC(=S)N[C@@H](c1ccccc1)c1ccc(OC)cc1. The minimum absolute atomic E-state index is 0.0496. The molecule has 0 spiro atoms. The summed E-state index contributed by atoms with van der Waals surface area (Å²) in [4.78, 5) is 11.1. The molecule has 0 unspecified atom stereocenters. The van der Waals surface area contributed by atoms with Crippen LogP contribution in [0.5, 0.6) is 5.75 Å². The molecule has 0 radical (unpaired) electrons. The van der Waals surface area contributed by atoms with Crippen molar-refractivity contribution in [2.75, 3.05) is 20.8 Å². The highest BCUT2D eigenvalue weighted by molar-refractivity contribution is 7.80. The second-order valence-corrected chi connectivity index (χ2v) is 6.81. The first-order valence-corrected chi connectivity index (χ1v) is 9.85. The number of ether oxygens (including phenoxy) is 2. The second kappa shape index (κ2) is 12.0. The van der Waals surface area contributed by atoms with Gasteiger partial charge in [-0.05, 0) is 48.3 Å². The van der Waals surface area contributed by atoms with Crippen molar-refractivity contribution in [1.82, 2.24) is 10.6 Å². The number of benzene rings is 2. The topological polar surface area (TPSA) is 59.6 Å². The zero-order valence-electron chi connectivity index (χ0n) is 16.4. The molecule has 0 aliphatic rings. The van der Waals surface area contributed by atoms with Crippen LogP contribution in [-0.2, 0) is 9.53 Å². The third-order valence-corrected chi connectivity index (χ3v) is 4.69. The zero-order chi connectivity index (χ0) is 20.2. The van der Waals surface area contributed by atoms with Crippen LogP contribution in [0.2, 0.25) is 0 Å². The quantitative estimate of drug-likeness (QED) is 0.357. The molecule has 2 aromatic carbocycles. The molecule has 2 aromatic rings. The molecule has 0 fully saturated rings. The van der Waals surface area contributed by atoms with Crippen molar-refractivity contribution in [3.8, 4) is 5.75 Å². The maximum atomic E-state index is 11.1. The van der Waals surface area contributed by atoms with Gasteiger partial charge in [0.2, 0.25) is 0 Å². The normalized spacial score (nSPS) is 11.4. The molecule has 1 atom stereocenters. The minimum Gasteiger partial charge on any atom is -0.497 e. The summed E-state index contributed by atoms with van der Waals surface area (Å²) >= 11 is 5.50. The van der Waals surface area contributed by atoms with Crippen molar-refractivity contribution in [3.63, 3.8) is 0 Å². The van der Waals surface area contributed by atoms with Crippen molar-refractivity contribution < 1.29 is 14.3 Å². The van der Waals surface area contributed by atoms with Crippen LogP contribution in [0, 0.1) is 0 Å². The number of unbranched alkanes of at least 4 members (excludes halogenated alkanes) is 2. The van der Waals surface area contributed by atoms with Crippen molar-refractivity contribution in [3.05, 3.63) is 65.7 Å². The molecule has 0 heterocycles. The monoisotopic (exact) mass is 400 g/mol. The molecule has 0 saturated carbocycles.